The number of esters is 1. The molecule has 0 aliphatic rings. The molecule has 0 spiro atoms. The van der Waals surface area contributed by atoms with Crippen LogP contribution in [0.5, 0.6) is 5.75 Å². The number of nitrogens with one attached hydrogen (secondary N) is 1. The van der Waals surface area contributed by atoms with Gasteiger partial charge in [0.05, 0.1) is 23.3 Å². The Morgan fingerprint density at radius 1 is 1.23 bits per heavy atom. The van der Waals surface area contributed by atoms with Gasteiger partial charge in [0.2, 0.25) is 0 Å². The maximum Gasteiger partial charge on any atom is 0.340 e. The minimum atomic E-state index is -0.839. The maximum atomic E-state index is 11.9. The van der Waals surface area contributed by atoms with Crippen LogP contribution in [0.1, 0.15) is 15.9 Å². The molecule has 0 saturated carbocycles. The number of nitrogens with zero attached hydrogens (tertiary/aromatic N) is 1. The molecule has 2 aromatic carbocycles. The van der Waals surface area contributed by atoms with E-state index in [9.17, 15) is 19.7 Å². The van der Waals surface area contributed by atoms with Crippen molar-refractivity contribution in [3.8, 4) is 5.75 Å². The van der Waals surface area contributed by atoms with Crippen LogP contribution in [0.3, 0.4) is 0 Å². The van der Waals surface area contributed by atoms with Crippen molar-refractivity contribution in [2.75, 3.05) is 19.5 Å². The van der Waals surface area contributed by atoms with Gasteiger partial charge in [-0.25, -0.2) is 4.79 Å². The average Bonchev–Trinajstić information content (AvgIpc) is 2.64. The van der Waals surface area contributed by atoms with Gasteiger partial charge in [-0.2, -0.15) is 0 Å². The number of anilines is 1. The van der Waals surface area contributed by atoms with Crippen LogP contribution in [-0.2, 0) is 16.1 Å². The molecular formula is C17H17N3O6. The van der Waals surface area contributed by atoms with E-state index in [4.69, 9.17) is 15.2 Å². The molecule has 0 fully saturated rings. The first kappa shape index (κ1) is 18.7. The van der Waals surface area contributed by atoms with E-state index in [2.05, 4.69) is 5.32 Å². The highest BCUT2D eigenvalue weighted by molar-refractivity contribution is 5.96. The van der Waals surface area contributed by atoms with Crippen LogP contribution in [-0.4, -0.2) is 30.5 Å². The van der Waals surface area contributed by atoms with Crippen LogP contribution in [0.2, 0.25) is 0 Å². The zero-order valence-corrected chi connectivity index (χ0v) is 13.9. The van der Waals surface area contributed by atoms with Gasteiger partial charge in [-0.05, 0) is 23.8 Å². The number of non-ortho nitro benzene ring substituents is 1. The Balaban J connectivity index is 1.86. The molecule has 0 aliphatic heterocycles. The number of carbonyl (C=O) groups is 2. The molecule has 0 unspecified atom stereocenters. The molecular weight excluding hydrogens is 342 g/mol. The smallest absolute Gasteiger partial charge is 0.340 e. The van der Waals surface area contributed by atoms with E-state index in [1.165, 1.54) is 6.07 Å². The summed E-state index contributed by atoms with van der Waals surface area (Å²) < 4.78 is 9.97. The fraction of sp³-hybridized carbons (Fsp3) is 0.176. The first-order valence-corrected chi connectivity index (χ1v) is 7.51. The highest BCUT2D eigenvalue weighted by atomic mass is 16.6. The number of hydrogen-bond donors (Lipinski definition) is 2. The standard InChI is InChI=1S/C17H17N3O6/c1-25-13-4-2-3-11(7-13)9-19-16(21)10-26-17(22)14-6-5-12(20(23)24)8-15(14)18/h2-8H,9-10,18H2,1H3,(H,19,21). The van der Waals surface area contributed by atoms with E-state index in [0.717, 1.165) is 17.7 Å². The van der Waals surface area contributed by atoms with Crippen molar-refractivity contribution in [3.05, 3.63) is 63.7 Å². The summed E-state index contributed by atoms with van der Waals surface area (Å²) in [7, 11) is 1.54. The van der Waals surface area contributed by atoms with E-state index >= 15 is 0 Å². The topological polar surface area (TPSA) is 134 Å². The van der Waals surface area contributed by atoms with Crippen molar-refractivity contribution in [1.29, 1.82) is 0 Å². The van der Waals surface area contributed by atoms with Crippen molar-refractivity contribution in [3.63, 3.8) is 0 Å². The van der Waals surface area contributed by atoms with Gasteiger partial charge >= 0.3 is 5.97 Å². The number of rotatable bonds is 7. The summed E-state index contributed by atoms with van der Waals surface area (Å²) in [6, 6.07) is 10.5. The van der Waals surface area contributed by atoms with Gasteiger partial charge in [0, 0.05) is 18.7 Å². The number of nitro groups is 1. The fourth-order valence-electron chi connectivity index (χ4n) is 2.09. The lowest BCUT2D eigenvalue weighted by molar-refractivity contribution is -0.384. The maximum absolute atomic E-state index is 11.9. The number of nitrogens with two attached hydrogens (primary N) is 1. The molecule has 0 atom stereocenters. The summed E-state index contributed by atoms with van der Waals surface area (Å²) in [5, 5.41) is 13.3. The second-order valence-electron chi connectivity index (χ2n) is 5.23. The molecule has 9 heteroatoms. The number of nitro benzene ring substituents is 1. The number of amides is 1. The van der Waals surface area contributed by atoms with Gasteiger partial charge in [0.25, 0.3) is 11.6 Å². The Hall–Kier alpha value is -3.62. The molecule has 2 aromatic rings. The lowest BCUT2D eigenvalue weighted by Crippen LogP contribution is -2.28. The third-order valence-electron chi connectivity index (χ3n) is 3.42. The van der Waals surface area contributed by atoms with Crippen LogP contribution < -0.4 is 15.8 Å². The lowest BCUT2D eigenvalue weighted by atomic mass is 10.1. The summed E-state index contributed by atoms with van der Waals surface area (Å²) in [6.07, 6.45) is 0. The number of hydrogen-bond acceptors (Lipinski definition) is 7. The lowest BCUT2D eigenvalue weighted by Gasteiger charge is -2.09. The number of carbonyl (C=O) groups excluding carboxylic acids is 2. The zero-order chi connectivity index (χ0) is 19.1. The SMILES string of the molecule is COc1cccc(CNC(=O)COC(=O)c2ccc([N+](=O)[O-])cc2N)c1. The van der Waals surface area contributed by atoms with Crippen molar-refractivity contribution >= 4 is 23.3 Å². The minimum absolute atomic E-state index is 0.0452. The van der Waals surface area contributed by atoms with Gasteiger partial charge in [0.1, 0.15) is 5.75 Å². The first-order chi connectivity index (χ1) is 12.4. The second-order valence-corrected chi connectivity index (χ2v) is 5.23. The normalized spacial score (nSPS) is 10.0. The van der Waals surface area contributed by atoms with Gasteiger partial charge in [-0.15, -0.1) is 0 Å². The van der Waals surface area contributed by atoms with Gasteiger partial charge < -0.3 is 20.5 Å². The Kier molecular flexibility index (Phi) is 6.10. The number of nitrogen functional groups attached to an aromatic ring is 1. The Labute approximate surface area is 148 Å². The summed E-state index contributed by atoms with van der Waals surface area (Å²) in [4.78, 5) is 33.8. The third kappa shape index (κ3) is 4.94. The Morgan fingerprint density at radius 2 is 2.00 bits per heavy atom. The van der Waals surface area contributed by atoms with Crippen molar-refractivity contribution < 1.29 is 24.0 Å². The second kappa shape index (κ2) is 8.47. The largest absolute Gasteiger partial charge is 0.497 e. The van der Waals surface area contributed by atoms with E-state index in [1.54, 1.807) is 25.3 Å². The van der Waals surface area contributed by atoms with E-state index < -0.39 is 23.4 Å². The summed E-state index contributed by atoms with van der Waals surface area (Å²) in [6.45, 7) is -0.257. The molecule has 1 amide bonds. The molecule has 26 heavy (non-hydrogen) atoms. The summed E-state index contributed by atoms with van der Waals surface area (Å²) >= 11 is 0. The Bertz CT molecular complexity index is 837. The molecule has 2 rings (SSSR count). The van der Waals surface area contributed by atoms with Crippen molar-refractivity contribution in [2.45, 2.75) is 6.54 Å². The van der Waals surface area contributed by atoms with Crippen molar-refractivity contribution in [2.24, 2.45) is 0 Å². The number of benzene rings is 2. The molecule has 0 radical (unpaired) electrons. The highest BCUT2D eigenvalue weighted by Gasteiger charge is 2.16. The van der Waals surface area contributed by atoms with Gasteiger partial charge in [-0.1, -0.05) is 12.1 Å². The zero-order valence-electron chi connectivity index (χ0n) is 13.9. The Morgan fingerprint density at radius 3 is 2.65 bits per heavy atom. The molecule has 0 bridgehead atoms. The first-order valence-electron chi connectivity index (χ1n) is 7.51. The van der Waals surface area contributed by atoms with Crippen LogP contribution >= 0.6 is 0 Å². The molecule has 9 nitrogen and oxygen atoms in total. The van der Waals surface area contributed by atoms with Gasteiger partial charge in [-0.3, -0.25) is 14.9 Å². The number of methoxy groups -OCH3 is 1. The molecule has 0 aromatic heterocycles. The van der Waals surface area contributed by atoms with Crippen LogP contribution in [0.25, 0.3) is 0 Å². The number of ether oxygens (including phenoxy) is 2. The third-order valence-corrected chi connectivity index (χ3v) is 3.42. The predicted molar refractivity (Wildman–Crippen MR) is 92.6 cm³/mol. The summed E-state index contributed by atoms with van der Waals surface area (Å²) in [5.74, 6) is -0.674. The molecule has 0 saturated heterocycles. The molecule has 0 heterocycles. The summed E-state index contributed by atoms with van der Waals surface area (Å²) in [5.41, 5.74) is 6.05. The van der Waals surface area contributed by atoms with E-state index in [-0.39, 0.29) is 23.5 Å². The van der Waals surface area contributed by atoms with Gasteiger partial charge in [0.15, 0.2) is 6.61 Å². The molecule has 136 valence electrons. The monoisotopic (exact) mass is 359 g/mol. The average molecular weight is 359 g/mol. The minimum Gasteiger partial charge on any atom is -0.497 e. The fourth-order valence-corrected chi connectivity index (χ4v) is 2.09. The van der Waals surface area contributed by atoms with Crippen LogP contribution in [0.15, 0.2) is 42.5 Å². The van der Waals surface area contributed by atoms with E-state index in [0.29, 0.717) is 5.75 Å². The predicted octanol–water partition coefficient (Wildman–Crippen LogP) is 1.66. The molecule has 0 aliphatic carbocycles. The van der Waals surface area contributed by atoms with E-state index in [1.807, 2.05) is 6.07 Å². The van der Waals surface area contributed by atoms with Crippen LogP contribution in [0.4, 0.5) is 11.4 Å². The van der Waals surface area contributed by atoms with Crippen LogP contribution in [0, 0.1) is 10.1 Å². The highest BCUT2D eigenvalue weighted by Crippen LogP contribution is 2.20. The molecule has 3 N–H and O–H groups in total. The quantitative estimate of drug-likeness (QED) is 0.332. The van der Waals surface area contributed by atoms with Crippen molar-refractivity contribution in [1.82, 2.24) is 5.32 Å².